The number of carbonyl (C=O) groups excluding carboxylic acids is 1. The standard InChI is InChI=1S/C16H21N5O3/c22-16(18-9-13-3-2-7-23-13)12-21-6-8-24-14(11-21)10-17-15-4-1-5-19-20-15/h1-5,7,14H,6,8-12H2,(H,17,20)(H,18,22)/t14-/m0/s1. The van der Waals surface area contributed by atoms with Crippen LogP contribution >= 0.6 is 0 Å². The number of hydrogen-bond acceptors (Lipinski definition) is 7. The lowest BCUT2D eigenvalue weighted by atomic mass is 10.2. The van der Waals surface area contributed by atoms with Crippen molar-refractivity contribution >= 4 is 11.7 Å². The summed E-state index contributed by atoms with van der Waals surface area (Å²) < 4.78 is 10.9. The van der Waals surface area contributed by atoms with Gasteiger partial charge in [-0.3, -0.25) is 9.69 Å². The second kappa shape index (κ2) is 8.42. The molecule has 8 nitrogen and oxygen atoms in total. The highest BCUT2D eigenvalue weighted by molar-refractivity contribution is 5.77. The second-order valence-corrected chi connectivity index (χ2v) is 5.57. The van der Waals surface area contributed by atoms with Crippen LogP contribution < -0.4 is 10.6 Å². The van der Waals surface area contributed by atoms with Crippen LogP contribution in [0.25, 0.3) is 0 Å². The summed E-state index contributed by atoms with van der Waals surface area (Å²) in [4.78, 5) is 14.1. The molecule has 1 amide bonds. The van der Waals surface area contributed by atoms with Crippen molar-refractivity contribution in [3.8, 4) is 0 Å². The monoisotopic (exact) mass is 331 g/mol. The van der Waals surface area contributed by atoms with Crippen molar-refractivity contribution in [2.45, 2.75) is 12.6 Å². The molecule has 0 saturated carbocycles. The minimum atomic E-state index is -0.0195. The number of hydrogen-bond donors (Lipinski definition) is 2. The van der Waals surface area contributed by atoms with Crippen molar-refractivity contribution in [1.82, 2.24) is 20.4 Å². The SMILES string of the molecule is O=C(CN1CCO[C@@H](CNc2cccnn2)C1)NCc1ccco1. The van der Waals surface area contributed by atoms with Crippen molar-refractivity contribution in [2.24, 2.45) is 0 Å². The minimum absolute atomic E-state index is 0.0126. The van der Waals surface area contributed by atoms with Gasteiger partial charge in [0.1, 0.15) is 11.6 Å². The first kappa shape index (κ1) is 16.4. The molecule has 1 fully saturated rings. The number of anilines is 1. The number of aromatic nitrogens is 2. The summed E-state index contributed by atoms with van der Waals surface area (Å²) in [5, 5.41) is 13.8. The molecule has 128 valence electrons. The van der Waals surface area contributed by atoms with Crippen molar-refractivity contribution in [2.75, 3.05) is 38.1 Å². The molecular weight excluding hydrogens is 310 g/mol. The fourth-order valence-electron chi connectivity index (χ4n) is 2.52. The maximum Gasteiger partial charge on any atom is 0.234 e. The van der Waals surface area contributed by atoms with Gasteiger partial charge < -0.3 is 19.8 Å². The highest BCUT2D eigenvalue weighted by Crippen LogP contribution is 2.07. The summed E-state index contributed by atoms with van der Waals surface area (Å²) in [5.74, 6) is 1.44. The van der Waals surface area contributed by atoms with E-state index in [1.54, 1.807) is 18.5 Å². The predicted octanol–water partition coefficient (Wildman–Crippen LogP) is 0.499. The van der Waals surface area contributed by atoms with Crippen LogP contribution in [0, 0.1) is 0 Å². The van der Waals surface area contributed by atoms with Crippen LogP contribution in [-0.4, -0.2) is 59.9 Å². The first-order chi connectivity index (χ1) is 11.8. The topological polar surface area (TPSA) is 92.5 Å². The lowest BCUT2D eigenvalue weighted by Gasteiger charge is -2.32. The Labute approximate surface area is 140 Å². The van der Waals surface area contributed by atoms with Crippen LogP contribution in [0.15, 0.2) is 41.1 Å². The van der Waals surface area contributed by atoms with Crippen LogP contribution in [-0.2, 0) is 16.1 Å². The Morgan fingerprint density at radius 2 is 2.33 bits per heavy atom. The summed E-state index contributed by atoms with van der Waals surface area (Å²) in [6.07, 6.45) is 3.24. The molecule has 1 atom stereocenters. The summed E-state index contributed by atoms with van der Waals surface area (Å²) in [6, 6.07) is 7.32. The van der Waals surface area contributed by atoms with Crippen molar-refractivity contribution in [1.29, 1.82) is 0 Å². The van der Waals surface area contributed by atoms with Crippen LogP contribution in [0.2, 0.25) is 0 Å². The second-order valence-electron chi connectivity index (χ2n) is 5.57. The number of ether oxygens (including phenoxy) is 1. The largest absolute Gasteiger partial charge is 0.467 e. The number of furan rings is 1. The lowest BCUT2D eigenvalue weighted by molar-refractivity contribution is -0.124. The molecule has 8 heteroatoms. The van der Waals surface area contributed by atoms with E-state index in [2.05, 4.69) is 25.7 Å². The highest BCUT2D eigenvalue weighted by Gasteiger charge is 2.22. The third-order valence-electron chi connectivity index (χ3n) is 3.71. The Kier molecular flexibility index (Phi) is 5.75. The van der Waals surface area contributed by atoms with Gasteiger partial charge in [-0.15, -0.1) is 5.10 Å². The molecule has 1 aliphatic heterocycles. The zero-order valence-corrected chi connectivity index (χ0v) is 13.4. The van der Waals surface area contributed by atoms with Gasteiger partial charge in [-0.2, -0.15) is 5.10 Å². The van der Waals surface area contributed by atoms with Gasteiger partial charge in [0.15, 0.2) is 0 Å². The van der Waals surface area contributed by atoms with Crippen LogP contribution in [0.4, 0.5) is 5.82 Å². The third-order valence-corrected chi connectivity index (χ3v) is 3.71. The average Bonchev–Trinajstić information content (AvgIpc) is 3.13. The van der Waals surface area contributed by atoms with Gasteiger partial charge in [-0.1, -0.05) is 0 Å². The maximum absolute atomic E-state index is 12.0. The number of nitrogens with zero attached hydrogens (tertiary/aromatic N) is 3. The van der Waals surface area contributed by atoms with Gasteiger partial charge in [0.05, 0.1) is 32.1 Å². The normalized spacial score (nSPS) is 18.2. The zero-order valence-electron chi connectivity index (χ0n) is 13.4. The van der Waals surface area contributed by atoms with Crippen molar-refractivity contribution in [3.63, 3.8) is 0 Å². The Morgan fingerprint density at radius 3 is 3.12 bits per heavy atom. The first-order valence-corrected chi connectivity index (χ1v) is 7.94. The summed E-state index contributed by atoms with van der Waals surface area (Å²) in [7, 11) is 0. The van der Waals surface area contributed by atoms with Gasteiger partial charge in [0.2, 0.25) is 5.91 Å². The van der Waals surface area contributed by atoms with E-state index < -0.39 is 0 Å². The molecule has 0 aliphatic carbocycles. The minimum Gasteiger partial charge on any atom is -0.467 e. The molecule has 0 radical (unpaired) electrons. The molecule has 24 heavy (non-hydrogen) atoms. The predicted molar refractivity (Wildman–Crippen MR) is 87.3 cm³/mol. The number of morpholine rings is 1. The van der Waals surface area contributed by atoms with Gasteiger partial charge >= 0.3 is 0 Å². The molecule has 3 heterocycles. The van der Waals surface area contributed by atoms with E-state index in [-0.39, 0.29) is 12.0 Å². The number of carbonyl (C=O) groups is 1. The molecule has 3 rings (SSSR count). The molecule has 1 saturated heterocycles. The highest BCUT2D eigenvalue weighted by atomic mass is 16.5. The van der Waals surface area contributed by atoms with Crippen molar-refractivity contribution < 1.29 is 13.9 Å². The van der Waals surface area contributed by atoms with Gasteiger partial charge in [0, 0.05) is 25.8 Å². The quantitative estimate of drug-likeness (QED) is 0.763. The maximum atomic E-state index is 12.0. The Balaban J connectivity index is 1.39. The van der Waals surface area contributed by atoms with Crippen LogP contribution in [0.1, 0.15) is 5.76 Å². The number of nitrogens with one attached hydrogen (secondary N) is 2. The summed E-state index contributed by atoms with van der Waals surface area (Å²) >= 11 is 0. The van der Waals surface area contributed by atoms with E-state index in [0.29, 0.717) is 32.8 Å². The van der Waals surface area contributed by atoms with Crippen molar-refractivity contribution in [3.05, 3.63) is 42.5 Å². The fourth-order valence-corrected chi connectivity index (χ4v) is 2.52. The Morgan fingerprint density at radius 1 is 1.38 bits per heavy atom. The number of amides is 1. The van der Waals surface area contributed by atoms with Gasteiger partial charge in [0.25, 0.3) is 0 Å². The molecule has 0 spiro atoms. The smallest absolute Gasteiger partial charge is 0.234 e. The lowest BCUT2D eigenvalue weighted by Crippen LogP contribution is -2.48. The third kappa shape index (κ3) is 5.04. The van der Waals surface area contributed by atoms with Crippen LogP contribution in [0.5, 0.6) is 0 Å². The van der Waals surface area contributed by atoms with E-state index in [4.69, 9.17) is 9.15 Å². The molecule has 2 N–H and O–H groups in total. The molecule has 0 unspecified atom stereocenters. The van der Waals surface area contributed by atoms with Gasteiger partial charge in [-0.25, -0.2) is 0 Å². The molecule has 0 aromatic carbocycles. The number of rotatable bonds is 7. The fraction of sp³-hybridized carbons (Fsp3) is 0.438. The van der Waals surface area contributed by atoms with E-state index >= 15 is 0 Å². The molecule has 2 aromatic rings. The van der Waals surface area contributed by atoms with E-state index in [0.717, 1.165) is 18.1 Å². The molecule has 0 bridgehead atoms. The first-order valence-electron chi connectivity index (χ1n) is 7.94. The summed E-state index contributed by atoms with van der Waals surface area (Å²) in [5.41, 5.74) is 0. The zero-order chi connectivity index (χ0) is 16.6. The summed E-state index contributed by atoms with van der Waals surface area (Å²) in [6.45, 7) is 3.44. The average molecular weight is 331 g/mol. The molecule has 2 aromatic heterocycles. The molecule has 1 aliphatic rings. The van der Waals surface area contributed by atoms with E-state index in [1.807, 2.05) is 18.2 Å². The molecular formula is C16H21N5O3. The van der Waals surface area contributed by atoms with Crippen LogP contribution in [0.3, 0.4) is 0 Å². The Bertz CT molecular complexity index is 620. The van der Waals surface area contributed by atoms with E-state index in [9.17, 15) is 4.79 Å². The Hall–Kier alpha value is -2.45. The van der Waals surface area contributed by atoms with E-state index in [1.165, 1.54) is 0 Å². The van der Waals surface area contributed by atoms with Gasteiger partial charge in [-0.05, 0) is 24.3 Å².